The van der Waals surface area contributed by atoms with Gasteiger partial charge in [0.05, 0.1) is 18.0 Å². The van der Waals surface area contributed by atoms with Crippen LogP contribution < -0.4 is 10.6 Å². The zero-order valence-corrected chi connectivity index (χ0v) is 13.2. The Morgan fingerprint density at radius 2 is 2.00 bits per heavy atom. The van der Waals surface area contributed by atoms with Crippen LogP contribution in [0.4, 0.5) is 11.4 Å². The van der Waals surface area contributed by atoms with Crippen molar-refractivity contribution in [3.05, 3.63) is 54.4 Å². The Labute approximate surface area is 137 Å². The minimum atomic E-state index is -0.124. The highest BCUT2D eigenvalue weighted by Crippen LogP contribution is 2.20. The van der Waals surface area contributed by atoms with Gasteiger partial charge in [-0.15, -0.1) is 12.4 Å². The van der Waals surface area contributed by atoms with Crippen LogP contribution in [0.5, 0.6) is 0 Å². The van der Waals surface area contributed by atoms with E-state index in [9.17, 15) is 5.11 Å². The van der Waals surface area contributed by atoms with Crippen molar-refractivity contribution < 1.29 is 5.11 Å². The Balaban J connectivity index is 0.00000176. The first kappa shape index (κ1) is 16.7. The minimum Gasteiger partial charge on any atom is -0.393 e. The van der Waals surface area contributed by atoms with Gasteiger partial charge in [0.15, 0.2) is 0 Å². The second-order valence-electron chi connectivity index (χ2n) is 5.61. The van der Waals surface area contributed by atoms with Crippen molar-refractivity contribution in [2.75, 3.05) is 5.32 Å². The molecule has 0 aliphatic heterocycles. The van der Waals surface area contributed by atoms with Crippen LogP contribution in [0.2, 0.25) is 0 Å². The molecule has 1 aromatic carbocycles. The van der Waals surface area contributed by atoms with E-state index >= 15 is 0 Å². The molecule has 0 saturated heterocycles. The number of nitrogens with zero attached hydrogens (tertiary/aromatic N) is 1. The molecule has 2 atom stereocenters. The van der Waals surface area contributed by atoms with E-state index in [1.165, 1.54) is 5.56 Å². The van der Waals surface area contributed by atoms with Gasteiger partial charge in [0.2, 0.25) is 0 Å². The predicted octanol–water partition coefficient (Wildman–Crippen LogP) is 3.25. The van der Waals surface area contributed by atoms with Crippen LogP contribution in [0.1, 0.15) is 24.8 Å². The fourth-order valence-electron chi connectivity index (χ4n) is 2.77. The third-order valence-electron chi connectivity index (χ3n) is 3.88. The lowest BCUT2D eigenvalue weighted by atomic mass is 10.1. The summed E-state index contributed by atoms with van der Waals surface area (Å²) >= 11 is 0. The maximum absolute atomic E-state index is 9.55. The molecule has 5 heteroatoms. The topological polar surface area (TPSA) is 57.2 Å². The van der Waals surface area contributed by atoms with Gasteiger partial charge in [-0.2, -0.15) is 0 Å². The average Bonchev–Trinajstić information content (AvgIpc) is 2.92. The molecule has 1 heterocycles. The van der Waals surface area contributed by atoms with Crippen molar-refractivity contribution in [1.82, 2.24) is 10.3 Å². The molecule has 3 N–H and O–H groups in total. The molecule has 118 valence electrons. The average molecular weight is 320 g/mol. The largest absolute Gasteiger partial charge is 0.393 e. The maximum Gasteiger partial charge on any atom is 0.0570 e. The third-order valence-corrected chi connectivity index (χ3v) is 3.88. The van der Waals surface area contributed by atoms with Crippen molar-refractivity contribution in [3.8, 4) is 0 Å². The van der Waals surface area contributed by atoms with Gasteiger partial charge in [-0.05, 0) is 49.1 Å². The molecule has 0 radical (unpaired) electrons. The summed E-state index contributed by atoms with van der Waals surface area (Å²) in [5.41, 5.74) is 3.29. The first-order chi connectivity index (χ1) is 10.3. The first-order valence-electron chi connectivity index (χ1n) is 7.47. The van der Waals surface area contributed by atoms with Crippen LogP contribution in [0.25, 0.3) is 0 Å². The molecule has 1 fully saturated rings. The van der Waals surface area contributed by atoms with Crippen LogP contribution in [-0.4, -0.2) is 22.2 Å². The second-order valence-corrected chi connectivity index (χ2v) is 5.61. The lowest BCUT2D eigenvalue weighted by Crippen LogP contribution is -2.26. The van der Waals surface area contributed by atoms with Gasteiger partial charge in [-0.3, -0.25) is 4.98 Å². The van der Waals surface area contributed by atoms with Crippen molar-refractivity contribution in [2.24, 2.45) is 0 Å². The van der Waals surface area contributed by atoms with E-state index in [1.807, 2.05) is 18.3 Å². The number of hydrogen-bond acceptors (Lipinski definition) is 4. The van der Waals surface area contributed by atoms with Crippen molar-refractivity contribution in [3.63, 3.8) is 0 Å². The zero-order chi connectivity index (χ0) is 14.5. The molecule has 4 nitrogen and oxygen atoms in total. The monoisotopic (exact) mass is 319 g/mol. The summed E-state index contributed by atoms with van der Waals surface area (Å²) in [7, 11) is 0. The van der Waals surface area contributed by atoms with Crippen LogP contribution >= 0.6 is 12.4 Å². The number of aliphatic hydroxyl groups excluding tert-OH is 1. The summed E-state index contributed by atoms with van der Waals surface area (Å²) in [4.78, 5) is 4.10. The molecule has 3 rings (SSSR count). The van der Waals surface area contributed by atoms with E-state index in [2.05, 4.69) is 39.9 Å². The van der Waals surface area contributed by atoms with E-state index in [1.54, 1.807) is 6.20 Å². The molecule has 2 unspecified atom stereocenters. The van der Waals surface area contributed by atoms with Gasteiger partial charge < -0.3 is 15.7 Å². The predicted molar refractivity (Wildman–Crippen MR) is 91.7 cm³/mol. The number of aliphatic hydroxyl groups is 1. The Kier molecular flexibility index (Phi) is 6.19. The van der Waals surface area contributed by atoms with Gasteiger partial charge in [-0.25, -0.2) is 0 Å². The molecule has 1 aliphatic rings. The zero-order valence-electron chi connectivity index (χ0n) is 12.4. The molecule has 1 saturated carbocycles. The van der Waals surface area contributed by atoms with Gasteiger partial charge in [0.25, 0.3) is 0 Å². The number of nitrogens with one attached hydrogen (secondary N) is 2. The lowest BCUT2D eigenvalue weighted by molar-refractivity contribution is 0.179. The second kappa shape index (κ2) is 8.13. The smallest absolute Gasteiger partial charge is 0.0570 e. The SMILES string of the molecule is Cl.OC1CCC(NCc2cccc(Nc3cccnc3)c2)C1. The molecule has 1 aromatic heterocycles. The van der Waals surface area contributed by atoms with E-state index in [0.717, 1.165) is 37.2 Å². The number of anilines is 2. The first-order valence-corrected chi connectivity index (χ1v) is 7.47. The molecule has 0 bridgehead atoms. The molecule has 1 aliphatic carbocycles. The van der Waals surface area contributed by atoms with Crippen LogP contribution in [0, 0.1) is 0 Å². The highest BCUT2D eigenvalue weighted by molar-refractivity contribution is 5.85. The number of benzene rings is 1. The highest BCUT2D eigenvalue weighted by atomic mass is 35.5. The summed E-state index contributed by atoms with van der Waals surface area (Å²) in [5.74, 6) is 0. The van der Waals surface area contributed by atoms with Crippen LogP contribution in [-0.2, 0) is 6.54 Å². The maximum atomic E-state index is 9.55. The van der Waals surface area contributed by atoms with E-state index in [-0.39, 0.29) is 18.5 Å². The lowest BCUT2D eigenvalue weighted by Gasteiger charge is -2.13. The van der Waals surface area contributed by atoms with Crippen molar-refractivity contribution in [1.29, 1.82) is 0 Å². The highest BCUT2D eigenvalue weighted by Gasteiger charge is 2.21. The van der Waals surface area contributed by atoms with E-state index in [0.29, 0.717) is 6.04 Å². The number of pyridine rings is 1. The van der Waals surface area contributed by atoms with Crippen LogP contribution in [0.15, 0.2) is 48.8 Å². The van der Waals surface area contributed by atoms with Crippen LogP contribution in [0.3, 0.4) is 0 Å². The summed E-state index contributed by atoms with van der Waals surface area (Å²) in [6.45, 7) is 0.833. The van der Waals surface area contributed by atoms with Gasteiger partial charge in [0, 0.05) is 24.5 Å². The fourth-order valence-corrected chi connectivity index (χ4v) is 2.77. The van der Waals surface area contributed by atoms with Crippen molar-refractivity contribution in [2.45, 2.75) is 38.0 Å². The summed E-state index contributed by atoms with van der Waals surface area (Å²) in [6, 6.07) is 12.7. The molecule has 0 amide bonds. The number of aromatic nitrogens is 1. The van der Waals surface area contributed by atoms with E-state index in [4.69, 9.17) is 0 Å². The quantitative estimate of drug-likeness (QED) is 0.792. The molecular formula is C17H22ClN3O. The normalized spacial score (nSPS) is 20.4. The van der Waals surface area contributed by atoms with Crippen molar-refractivity contribution >= 4 is 23.8 Å². The Bertz CT molecular complexity index is 579. The minimum absolute atomic E-state index is 0. The number of halogens is 1. The summed E-state index contributed by atoms with van der Waals surface area (Å²) in [5, 5.41) is 16.4. The summed E-state index contributed by atoms with van der Waals surface area (Å²) in [6.07, 6.45) is 6.30. The Hall–Kier alpha value is -1.62. The van der Waals surface area contributed by atoms with Gasteiger partial charge in [0.1, 0.15) is 0 Å². The number of hydrogen-bond donors (Lipinski definition) is 3. The standard InChI is InChI=1S/C17H21N3O.ClH/c21-17-7-6-14(10-17)19-11-13-3-1-4-15(9-13)20-16-5-2-8-18-12-16;/h1-5,8-9,12,14,17,19-21H,6-7,10-11H2;1H. The Morgan fingerprint density at radius 3 is 2.73 bits per heavy atom. The number of rotatable bonds is 5. The van der Waals surface area contributed by atoms with Gasteiger partial charge in [-0.1, -0.05) is 12.1 Å². The van der Waals surface area contributed by atoms with Gasteiger partial charge >= 0.3 is 0 Å². The Morgan fingerprint density at radius 1 is 1.14 bits per heavy atom. The molecular weight excluding hydrogens is 298 g/mol. The van der Waals surface area contributed by atoms with E-state index < -0.39 is 0 Å². The molecule has 2 aromatic rings. The fraction of sp³-hybridized carbons (Fsp3) is 0.353. The molecule has 22 heavy (non-hydrogen) atoms. The third kappa shape index (κ3) is 4.70. The molecule has 0 spiro atoms. The summed E-state index contributed by atoms with van der Waals surface area (Å²) < 4.78 is 0.